The maximum absolute atomic E-state index is 12.4. The first-order valence-electron chi connectivity index (χ1n) is 7.21. The van der Waals surface area contributed by atoms with Crippen molar-refractivity contribution in [3.63, 3.8) is 0 Å². The van der Waals surface area contributed by atoms with Gasteiger partial charge in [-0.15, -0.1) is 0 Å². The second kappa shape index (κ2) is 8.59. The Morgan fingerprint density at radius 1 is 1.40 bits per heavy atom. The third kappa shape index (κ3) is 5.21. The number of hydrogen-bond acceptors (Lipinski definition) is 3. The van der Waals surface area contributed by atoms with Gasteiger partial charge in [0.2, 0.25) is 0 Å². The average molecular weight is 279 g/mol. The lowest BCUT2D eigenvalue weighted by Crippen LogP contribution is -2.32. The van der Waals surface area contributed by atoms with Gasteiger partial charge in [-0.1, -0.05) is 19.9 Å². The third-order valence-electron chi connectivity index (χ3n) is 2.92. The average Bonchev–Trinajstić information content (AvgIpc) is 2.46. The number of carbonyl (C=O) groups excluding carboxylic acids is 1. The van der Waals surface area contributed by atoms with E-state index in [1.807, 2.05) is 19.1 Å². The van der Waals surface area contributed by atoms with Crippen molar-refractivity contribution in [3.05, 3.63) is 29.8 Å². The molecule has 0 atom stereocenters. The third-order valence-corrected chi connectivity index (χ3v) is 2.92. The van der Waals surface area contributed by atoms with E-state index in [0.717, 1.165) is 5.75 Å². The van der Waals surface area contributed by atoms with Crippen molar-refractivity contribution in [2.24, 2.45) is 5.92 Å². The van der Waals surface area contributed by atoms with Crippen molar-refractivity contribution >= 4 is 5.91 Å². The fourth-order valence-corrected chi connectivity index (χ4v) is 1.83. The molecule has 0 radical (unpaired) electrons. The van der Waals surface area contributed by atoms with Crippen LogP contribution in [-0.4, -0.2) is 42.2 Å². The zero-order valence-corrected chi connectivity index (χ0v) is 12.6. The molecule has 0 aromatic heterocycles. The summed E-state index contributed by atoms with van der Waals surface area (Å²) < 4.78 is 5.64. The maximum Gasteiger partial charge on any atom is 0.253 e. The van der Waals surface area contributed by atoms with Crippen molar-refractivity contribution < 1.29 is 14.6 Å². The first-order valence-corrected chi connectivity index (χ1v) is 7.21. The largest absolute Gasteiger partial charge is 0.493 e. The van der Waals surface area contributed by atoms with Gasteiger partial charge in [0.15, 0.2) is 0 Å². The van der Waals surface area contributed by atoms with Crippen LogP contribution in [0.25, 0.3) is 0 Å². The Kier molecular flexibility index (Phi) is 7.09. The highest BCUT2D eigenvalue weighted by Gasteiger charge is 2.14. The maximum atomic E-state index is 12.4. The number of benzene rings is 1. The second-order valence-corrected chi connectivity index (χ2v) is 5.19. The lowest BCUT2D eigenvalue weighted by atomic mass is 10.1. The van der Waals surface area contributed by atoms with Crippen LogP contribution in [0.4, 0.5) is 0 Å². The molecule has 0 saturated carbocycles. The van der Waals surface area contributed by atoms with Crippen LogP contribution in [0.5, 0.6) is 5.75 Å². The van der Waals surface area contributed by atoms with Gasteiger partial charge in [-0.05, 0) is 37.5 Å². The number of rotatable bonds is 8. The zero-order chi connectivity index (χ0) is 15.0. The van der Waals surface area contributed by atoms with E-state index in [4.69, 9.17) is 9.84 Å². The Morgan fingerprint density at radius 3 is 2.75 bits per heavy atom. The van der Waals surface area contributed by atoms with Crippen LogP contribution in [-0.2, 0) is 0 Å². The van der Waals surface area contributed by atoms with Crippen molar-refractivity contribution in [2.75, 3.05) is 26.3 Å². The monoisotopic (exact) mass is 279 g/mol. The molecule has 4 heteroatoms. The molecule has 0 saturated heterocycles. The van der Waals surface area contributed by atoms with Gasteiger partial charge in [-0.2, -0.15) is 0 Å². The van der Waals surface area contributed by atoms with Crippen LogP contribution in [0.1, 0.15) is 37.6 Å². The summed E-state index contributed by atoms with van der Waals surface area (Å²) in [4.78, 5) is 14.1. The molecule has 112 valence electrons. The molecule has 0 heterocycles. The van der Waals surface area contributed by atoms with Gasteiger partial charge in [-0.3, -0.25) is 4.79 Å². The Morgan fingerprint density at radius 2 is 2.15 bits per heavy atom. The van der Waals surface area contributed by atoms with Gasteiger partial charge in [0.25, 0.3) is 5.91 Å². The molecule has 0 spiro atoms. The van der Waals surface area contributed by atoms with Crippen LogP contribution >= 0.6 is 0 Å². The molecule has 0 aliphatic heterocycles. The van der Waals surface area contributed by atoms with E-state index >= 15 is 0 Å². The van der Waals surface area contributed by atoms with Gasteiger partial charge < -0.3 is 14.7 Å². The number of carbonyl (C=O) groups is 1. The molecule has 0 bridgehead atoms. The fourth-order valence-electron chi connectivity index (χ4n) is 1.83. The topological polar surface area (TPSA) is 49.8 Å². The minimum absolute atomic E-state index is 0.0176. The predicted molar refractivity (Wildman–Crippen MR) is 80.1 cm³/mol. The molecular formula is C16H25NO3. The number of amides is 1. The van der Waals surface area contributed by atoms with E-state index in [0.29, 0.717) is 37.6 Å². The van der Waals surface area contributed by atoms with Gasteiger partial charge in [0.05, 0.1) is 6.61 Å². The summed E-state index contributed by atoms with van der Waals surface area (Å²) in [7, 11) is 0. The normalized spacial score (nSPS) is 10.7. The summed E-state index contributed by atoms with van der Waals surface area (Å²) >= 11 is 0. The quantitative estimate of drug-likeness (QED) is 0.795. The molecule has 0 fully saturated rings. The fraction of sp³-hybridized carbons (Fsp3) is 0.562. The summed E-state index contributed by atoms with van der Waals surface area (Å²) in [5.74, 6) is 1.16. The smallest absolute Gasteiger partial charge is 0.253 e. The number of ether oxygens (including phenoxy) is 1. The van der Waals surface area contributed by atoms with Crippen LogP contribution in [0.2, 0.25) is 0 Å². The minimum atomic E-state index is -0.0176. The zero-order valence-electron chi connectivity index (χ0n) is 12.6. The minimum Gasteiger partial charge on any atom is -0.493 e. The van der Waals surface area contributed by atoms with Crippen molar-refractivity contribution in [1.82, 2.24) is 4.90 Å². The Labute approximate surface area is 121 Å². The molecule has 1 amide bonds. The first kappa shape index (κ1) is 16.5. The van der Waals surface area contributed by atoms with E-state index < -0.39 is 0 Å². The Balaban J connectivity index is 2.73. The lowest BCUT2D eigenvalue weighted by molar-refractivity contribution is 0.0753. The molecule has 4 nitrogen and oxygen atoms in total. The first-order chi connectivity index (χ1) is 9.58. The molecule has 0 unspecified atom stereocenters. The SMILES string of the molecule is CCN(CCCO)C(=O)c1cccc(OCC(C)C)c1. The van der Waals surface area contributed by atoms with Crippen molar-refractivity contribution in [3.8, 4) is 5.75 Å². The Bertz CT molecular complexity index is 418. The molecular weight excluding hydrogens is 254 g/mol. The molecule has 1 N–H and O–H groups in total. The second-order valence-electron chi connectivity index (χ2n) is 5.19. The van der Waals surface area contributed by atoms with Crippen LogP contribution in [0.3, 0.4) is 0 Å². The Hall–Kier alpha value is -1.55. The highest BCUT2D eigenvalue weighted by atomic mass is 16.5. The van der Waals surface area contributed by atoms with Gasteiger partial charge in [0.1, 0.15) is 5.75 Å². The van der Waals surface area contributed by atoms with Crippen LogP contribution in [0.15, 0.2) is 24.3 Å². The van der Waals surface area contributed by atoms with Crippen molar-refractivity contribution in [1.29, 1.82) is 0 Å². The lowest BCUT2D eigenvalue weighted by Gasteiger charge is -2.20. The van der Waals surface area contributed by atoms with Crippen LogP contribution < -0.4 is 4.74 Å². The molecule has 0 aliphatic carbocycles. The number of aliphatic hydroxyl groups is 1. The predicted octanol–water partition coefficient (Wildman–Crippen LogP) is 2.57. The van der Waals surface area contributed by atoms with Gasteiger partial charge >= 0.3 is 0 Å². The number of aliphatic hydroxyl groups excluding tert-OH is 1. The summed E-state index contributed by atoms with van der Waals surface area (Å²) in [5, 5.41) is 8.87. The van der Waals surface area contributed by atoms with Gasteiger partial charge in [0, 0.05) is 25.3 Å². The molecule has 1 aromatic rings. The highest BCUT2D eigenvalue weighted by molar-refractivity contribution is 5.94. The highest BCUT2D eigenvalue weighted by Crippen LogP contribution is 2.16. The van der Waals surface area contributed by atoms with E-state index in [1.165, 1.54) is 0 Å². The molecule has 0 aliphatic rings. The van der Waals surface area contributed by atoms with Crippen molar-refractivity contribution in [2.45, 2.75) is 27.2 Å². The number of hydrogen-bond donors (Lipinski definition) is 1. The van der Waals surface area contributed by atoms with E-state index in [9.17, 15) is 4.79 Å². The van der Waals surface area contributed by atoms with Gasteiger partial charge in [-0.25, -0.2) is 0 Å². The molecule has 1 rings (SSSR count). The molecule has 20 heavy (non-hydrogen) atoms. The summed E-state index contributed by atoms with van der Waals surface area (Å²) in [5.41, 5.74) is 0.631. The number of nitrogens with zero attached hydrogens (tertiary/aromatic N) is 1. The van der Waals surface area contributed by atoms with E-state index in [1.54, 1.807) is 17.0 Å². The van der Waals surface area contributed by atoms with E-state index in [2.05, 4.69) is 13.8 Å². The molecule has 1 aromatic carbocycles. The summed E-state index contributed by atoms with van der Waals surface area (Å²) in [6, 6.07) is 7.28. The summed E-state index contributed by atoms with van der Waals surface area (Å²) in [6.07, 6.45) is 0.600. The standard InChI is InChI=1S/C16H25NO3/c1-4-17(9-6-10-18)16(19)14-7-5-8-15(11-14)20-12-13(2)3/h5,7-8,11,13,18H,4,6,9-10,12H2,1-3H3. The van der Waals surface area contributed by atoms with E-state index in [-0.39, 0.29) is 12.5 Å². The summed E-state index contributed by atoms with van der Waals surface area (Å²) in [6.45, 7) is 8.06. The van der Waals surface area contributed by atoms with Crippen LogP contribution in [0, 0.1) is 5.92 Å².